The van der Waals surface area contributed by atoms with Gasteiger partial charge < -0.3 is 0 Å². The molecular formula is C18H11Cl2F3N2O4S2. The first kappa shape index (κ1) is 23.2. The van der Waals surface area contributed by atoms with Gasteiger partial charge in [-0.05, 0) is 42.5 Å². The summed E-state index contributed by atoms with van der Waals surface area (Å²) in [4.78, 5) is -0.546. The van der Waals surface area contributed by atoms with Gasteiger partial charge in [-0.15, -0.1) is 0 Å². The van der Waals surface area contributed by atoms with Crippen LogP contribution in [0.2, 0.25) is 10.0 Å². The van der Waals surface area contributed by atoms with Gasteiger partial charge in [-0.1, -0.05) is 23.2 Å². The molecule has 0 amide bonds. The lowest BCUT2D eigenvalue weighted by atomic mass is 10.3. The zero-order valence-corrected chi connectivity index (χ0v) is 18.2. The van der Waals surface area contributed by atoms with Crippen molar-refractivity contribution in [2.45, 2.75) is 9.79 Å². The van der Waals surface area contributed by atoms with Crippen molar-refractivity contribution in [2.24, 2.45) is 0 Å². The van der Waals surface area contributed by atoms with Crippen LogP contribution >= 0.6 is 23.2 Å². The lowest BCUT2D eigenvalue weighted by Crippen LogP contribution is -2.15. The maximum absolute atomic E-state index is 13.3. The molecule has 3 aromatic rings. The minimum atomic E-state index is -4.30. The highest BCUT2D eigenvalue weighted by Crippen LogP contribution is 2.25. The smallest absolute Gasteiger partial charge is 0.261 e. The van der Waals surface area contributed by atoms with Crippen molar-refractivity contribution in [3.05, 3.63) is 82.1 Å². The van der Waals surface area contributed by atoms with Crippen LogP contribution in [0.1, 0.15) is 0 Å². The molecule has 0 radical (unpaired) electrons. The van der Waals surface area contributed by atoms with Gasteiger partial charge in [0.1, 0.15) is 0 Å². The highest BCUT2D eigenvalue weighted by Gasteiger charge is 2.19. The van der Waals surface area contributed by atoms with E-state index in [1.54, 1.807) is 0 Å². The third-order valence-electron chi connectivity index (χ3n) is 3.80. The lowest BCUT2D eigenvalue weighted by Gasteiger charge is -2.11. The van der Waals surface area contributed by atoms with Crippen LogP contribution in [0, 0.1) is 17.5 Å². The molecule has 0 aromatic heterocycles. The monoisotopic (exact) mass is 510 g/mol. The van der Waals surface area contributed by atoms with Crippen LogP contribution in [-0.4, -0.2) is 16.8 Å². The van der Waals surface area contributed by atoms with Crippen LogP contribution in [-0.2, 0) is 20.0 Å². The topological polar surface area (TPSA) is 92.3 Å². The minimum Gasteiger partial charge on any atom is -0.280 e. The summed E-state index contributed by atoms with van der Waals surface area (Å²) < 4.78 is 93.4. The Balaban J connectivity index is 1.82. The average Bonchev–Trinajstić information content (AvgIpc) is 2.65. The molecule has 0 saturated heterocycles. The number of benzene rings is 3. The molecule has 2 N–H and O–H groups in total. The van der Waals surface area contributed by atoms with Crippen LogP contribution in [0.5, 0.6) is 0 Å². The lowest BCUT2D eigenvalue weighted by molar-refractivity contribution is 0.448. The number of halogens is 5. The largest absolute Gasteiger partial charge is 0.280 e. The van der Waals surface area contributed by atoms with Gasteiger partial charge in [-0.25, -0.2) is 30.0 Å². The summed E-state index contributed by atoms with van der Waals surface area (Å²) in [5, 5.41) is 0.211. The number of hydrogen-bond donors (Lipinski definition) is 2. The summed E-state index contributed by atoms with van der Waals surface area (Å²) in [7, 11) is -8.37. The number of sulfonamides is 2. The highest BCUT2D eigenvalue weighted by molar-refractivity contribution is 7.93. The van der Waals surface area contributed by atoms with Crippen molar-refractivity contribution in [2.75, 3.05) is 9.44 Å². The Kier molecular flexibility index (Phi) is 6.42. The van der Waals surface area contributed by atoms with E-state index in [0.29, 0.717) is 12.1 Å². The van der Waals surface area contributed by atoms with E-state index in [9.17, 15) is 30.0 Å². The van der Waals surface area contributed by atoms with E-state index in [1.807, 2.05) is 4.72 Å². The Hall–Kier alpha value is -2.47. The molecule has 31 heavy (non-hydrogen) atoms. The third kappa shape index (κ3) is 5.42. The SMILES string of the molecule is O=S(=O)(Nc1cc(F)c(F)c(F)c1)c1ccc(NS(=O)(=O)c2cc(Cl)cc(Cl)c2)cc1. The summed E-state index contributed by atoms with van der Waals surface area (Å²) >= 11 is 11.6. The Bertz CT molecular complexity index is 1320. The van der Waals surface area contributed by atoms with E-state index in [4.69, 9.17) is 23.2 Å². The van der Waals surface area contributed by atoms with Crippen molar-refractivity contribution in [1.29, 1.82) is 0 Å². The van der Waals surface area contributed by atoms with Crippen molar-refractivity contribution >= 4 is 54.6 Å². The molecule has 0 unspecified atom stereocenters. The fourth-order valence-electron chi connectivity index (χ4n) is 2.43. The van der Waals surface area contributed by atoms with Crippen molar-refractivity contribution in [3.63, 3.8) is 0 Å². The predicted molar refractivity (Wildman–Crippen MR) is 111 cm³/mol. The van der Waals surface area contributed by atoms with Gasteiger partial charge in [0.15, 0.2) is 17.5 Å². The molecule has 0 atom stereocenters. The predicted octanol–water partition coefficient (Wildman–Crippen LogP) is 5.01. The van der Waals surface area contributed by atoms with Crippen LogP contribution in [0.3, 0.4) is 0 Å². The third-order valence-corrected chi connectivity index (χ3v) is 6.99. The first-order valence-electron chi connectivity index (χ1n) is 8.14. The normalized spacial score (nSPS) is 11.9. The summed E-state index contributed by atoms with van der Waals surface area (Å²) in [6.07, 6.45) is 0. The van der Waals surface area contributed by atoms with Crippen molar-refractivity contribution in [3.8, 4) is 0 Å². The molecule has 0 heterocycles. The second-order valence-corrected chi connectivity index (χ2v) is 10.3. The van der Waals surface area contributed by atoms with E-state index in [2.05, 4.69) is 4.72 Å². The van der Waals surface area contributed by atoms with Crippen LogP contribution < -0.4 is 9.44 Å². The maximum atomic E-state index is 13.3. The summed E-state index contributed by atoms with van der Waals surface area (Å²) in [6.45, 7) is 0. The Morgan fingerprint density at radius 3 is 1.58 bits per heavy atom. The molecule has 0 bridgehead atoms. The zero-order chi connectivity index (χ0) is 23.0. The molecule has 0 aliphatic heterocycles. The first-order chi connectivity index (χ1) is 14.4. The number of anilines is 2. The van der Waals surface area contributed by atoms with Gasteiger partial charge in [0.25, 0.3) is 20.0 Å². The van der Waals surface area contributed by atoms with Gasteiger partial charge in [0.2, 0.25) is 0 Å². The molecular weight excluding hydrogens is 500 g/mol. The molecule has 0 fully saturated rings. The van der Waals surface area contributed by atoms with Crippen molar-refractivity contribution in [1.82, 2.24) is 0 Å². The van der Waals surface area contributed by atoms with Gasteiger partial charge >= 0.3 is 0 Å². The van der Waals surface area contributed by atoms with Gasteiger partial charge in [0.05, 0.1) is 15.5 Å². The van der Waals surface area contributed by atoms with Crippen LogP contribution in [0.15, 0.2) is 64.4 Å². The number of nitrogens with one attached hydrogen (secondary N) is 2. The number of rotatable bonds is 6. The molecule has 0 aliphatic rings. The van der Waals surface area contributed by atoms with E-state index < -0.39 is 43.2 Å². The molecule has 0 saturated carbocycles. The quantitative estimate of drug-likeness (QED) is 0.455. The summed E-state index contributed by atoms with van der Waals surface area (Å²) in [5.41, 5.74) is -0.507. The van der Waals surface area contributed by atoms with Gasteiger partial charge in [0, 0.05) is 27.9 Å². The second-order valence-electron chi connectivity index (χ2n) is 6.09. The Morgan fingerprint density at radius 1 is 0.613 bits per heavy atom. The average molecular weight is 511 g/mol. The summed E-state index contributed by atoms with van der Waals surface area (Å²) in [5.74, 6) is -4.87. The fourth-order valence-corrected chi connectivity index (χ4v) is 5.25. The van der Waals surface area contributed by atoms with E-state index in [0.717, 1.165) is 24.3 Å². The van der Waals surface area contributed by atoms with Crippen LogP contribution in [0.25, 0.3) is 0 Å². The highest BCUT2D eigenvalue weighted by atomic mass is 35.5. The van der Waals surface area contributed by atoms with E-state index in [1.165, 1.54) is 18.2 Å². The number of hydrogen-bond acceptors (Lipinski definition) is 4. The van der Waals surface area contributed by atoms with Crippen molar-refractivity contribution < 1.29 is 30.0 Å². The first-order valence-corrected chi connectivity index (χ1v) is 11.9. The molecule has 164 valence electrons. The molecule has 3 rings (SSSR count). The minimum absolute atomic E-state index is 0.0221. The Labute approximate surface area is 185 Å². The Morgan fingerprint density at radius 2 is 1.06 bits per heavy atom. The maximum Gasteiger partial charge on any atom is 0.261 e. The van der Waals surface area contributed by atoms with Crippen LogP contribution in [0.4, 0.5) is 24.5 Å². The van der Waals surface area contributed by atoms with Gasteiger partial charge in [-0.3, -0.25) is 9.44 Å². The molecule has 13 heteroatoms. The zero-order valence-electron chi connectivity index (χ0n) is 15.0. The fraction of sp³-hybridized carbons (Fsp3) is 0. The molecule has 6 nitrogen and oxygen atoms in total. The molecule has 3 aromatic carbocycles. The second kappa shape index (κ2) is 8.58. The molecule has 0 spiro atoms. The molecule has 0 aliphatic carbocycles. The van der Waals surface area contributed by atoms with E-state index >= 15 is 0 Å². The van der Waals surface area contributed by atoms with Gasteiger partial charge in [-0.2, -0.15) is 0 Å². The summed E-state index contributed by atoms with van der Waals surface area (Å²) in [6, 6.07) is 9.10. The standard InChI is InChI=1S/C18H11Cl2F3N2O4S2/c19-10-5-11(20)7-15(6-10)31(28,29)24-12-1-3-14(4-2-12)30(26,27)25-13-8-16(21)18(23)17(22)9-13/h1-9,24-25H. The van der Waals surface area contributed by atoms with E-state index in [-0.39, 0.29) is 25.5 Å².